The molecule has 1 aromatic carbocycles. The third-order valence-corrected chi connectivity index (χ3v) is 2.66. The molecule has 0 unspecified atom stereocenters. The molecule has 0 bridgehead atoms. The highest BCUT2D eigenvalue weighted by molar-refractivity contribution is 7.80. The first-order valence-electron chi connectivity index (χ1n) is 4.04. The zero-order valence-corrected chi connectivity index (χ0v) is 8.53. The average molecular weight is 213 g/mol. The second-order valence-corrected chi connectivity index (χ2v) is 3.87. The number of rotatable bonds is 0. The van der Waals surface area contributed by atoms with Crippen LogP contribution in [0.4, 0.5) is 5.69 Å². The number of halogens is 1. The van der Waals surface area contributed by atoms with E-state index in [0.717, 1.165) is 23.7 Å². The van der Waals surface area contributed by atoms with Crippen molar-refractivity contribution in [1.82, 2.24) is 0 Å². The number of nitrogens with zero attached hydrogens (tertiary/aromatic N) is 1. The molecule has 13 heavy (non-hydrogen) atoms. The van der Waals surface area contributed by atoms with Gasteiger partial charge in [0, 0.05) is 17.3 Å². The van der Waals surface area contributed by atoms with Gasteiger partial charge in [0.1, 0.15) is 0 Å². The SMILES string of the molecule is NC(=S)N1CCc2cc(Cl)ccc21. The molecule has 2 rings (SSSR count). The van der Waals surface area contributed by atoms with Crippen molar-refractivity contribution in [2.45, 2.75) is 6.42 Å². The van der Waals surface area contributed by atoms with Crippen LogP contribution in [0.1, 0.15) is 5.56 Å². The summed E-state index contributed by atoms with van der Waals surface area (Å²) in [6, 6.07) is 5.79. The molecule has 1 heterocycles. The molecule has 0 atom stereocenters. The second kappa shape index (κ2) is 3.16. The van der Waals surface area contributed by atoms with Gasteiger partial charge >= 0.3 is 0 Å². The smallest absolute Gasteiger partial charge is 0.170 e. The first-order valence-corrected chi connectivity index (χ1v) is 4.82. The minimum absolute atomic E-state index is 0.432. The summed E-state index contributed by atoms with van der Waals surface area (Å²) in [5, 5.41) is 1.20. The van der Waals surface area contributed by atoms with Crippen LogP contribution in [-0.4, -0.2) is 11.7 Å². The van der Waals surface area contributed by atoms with Crippen LogP contribution in [0.3, 0.4) is 0 Å². The van der Waals surface area contributed by atoms with Crippen molar-refractivity contribution in [2.24, 2.45) is 5.73 Å². The van der Waals surface area contributed by atoms with E-state index in [-0.39, 0.29) is 0 Å². The number of thiocarbonyl (C=S) groups is 1. The molecule has 1 aliphatic rings. The van der Waals surface area contributed by atoms with Crippen molar-refractivity contribution >= 4 is 34.6 Å². The van der Waals surface area contributed by atoms with Gasteiger partial charge in [-0.05, 0) is 42.4 Å². The molecule has 1 aromatic rings. The molecule has 4 heteroatoms. The Morgan fingerprint density at radius 1 is 1.54 bits per heavy atom. The Kier molecular flexibility index (Phi) is 2.14. The van der Waals surface area contributed by atoms with Gasteiger partial charge in [0.2, 0.25) is 0 Å². The van der Waals surface area contributed by atoms with Crippen molar-refractivity contribution in [1.29, 1.82) is 0 Å². The lowest BCUT2D eigenvalue weighted by Gasteiger charge is -2.16. The first-order chi connectivity index (χ1) is 6.18. The molecule has 0 fully saturated rings. The molecule has 0 saturated heterocycles. The predicted octanol–water partition coefficient (Wildman–Crippen LogP) is 1.95. The van der Waals surface area contributed by atoms with Crippen LogP contribution in [0.5, 0.6) is 0 Å². The van der Waals surface area contributed by atoms with E-state index in [9.17, 15) is 0 Å². The van der Waals surface area contributed by atoms with Crippen molar-refractivity contribution in [3.05, 3.63) is 28.8 Å². The molecular weight excluding hydrogens is 204 g/mol. The second-order valence-electron chi connectivity index (χ2n) is 3.01. The fourth-order valence-electron chi connectivity index (χ4n) is 1.60. The van der Waals surface area contributed by atoms with E-state index in [1.165, 1.54) is 5.56 Å². The fraction of sp³-hybridized carbons (Fsp3) is 0.222. The number of hydrogen-bond donors (Lipinski definition) is 1. The van der Waals surface area contributed by atoms with Gasteiger partial charge in [-0.2, -0.15) is 0 Å². The van der Waals surface area contributed by atoms with E-state index in [1.54, 1.807) is 0 Å². The molecule has 68 valence electrons. The Morgan fingerprint density at radius 2 is 2.31 bits per heavy atom. The van der Waals surface area contributed by atoms with Gasteiger partial charge < -0.3 is 10.6 Å². The zero-order valence-electron chi connectivity index (χ0n) is 6.96. The number of benzene rings is 1. The highest BCUT2D eigenvalue weighted by Gasteiger charge is 2.20. The zero-order chi connectivity index (χ0) is 9.42. The van der Waals surface area contributed by atoms with Crippen LogP contribution in [0.15, 0.2) is 18.2 Å². The van der Waals surface area contributed by atoms with Gasteiger partial charge in [-0.15, -0.1) is 0 Å². The monoisotopic (exact) mass is 212 g/mol. The van der Waals surface area contributed by atoms with E-state index in [2.05, 4.69) is 0 Å². The van der Waals surface area contributed by atoms with E-state index < -0.39 is 0 Å². The fourth-order valence-corrected chi connectivity index (χ4v) is 1.98. The summed E-state index contributed by atoms with van der Waals surface area (Å²) in [7, 11) is 0. The Bertz CT molecular complexity index is 365. The molecule has 1 aliphatic heterocycles. The molecule has 0 aromatic heterocycles. The molecule has 2 nitrogen and oxygen atoms in total. The molecular formula is C9H9ClN2S. The topological polar surface area (TPSA) is 29.3 Å². The normalized spacial score (nSPS) is 14.4. The van der Waals surface area contributed by atoms with E-state index in [4.69, 9.17) is 29.6 Å². The quantitative estimate of drug-likeness (QED) is 0.667. The Balaban J connectivity index is 2.44. The highest BCUT2D eigenvalue weighted by Crippen LogP contribution is 2.29. The standard InChI is InChI=1S/C9H9ClN2S/c10-7-1-2-8-6(5-7)3-4-12(8)9(11)13/h1-2,5H,3-4H2,(H2,11,13). The first kappa shape index (κ1) is 8.78. The minimum Gasteiger partial charge on any atom is -0.376 e. The largest absolute Gasteiger partial charge is 0.376 e. The molecule has 0 radical (unpaired) electrons. The number of fused-ring (bicyclic) bond motifs is 1. The Morgan fingerprint density at radius 3 is 3.00 bits per heavy atom. The van der Waals surface area contributed by atoms with Crippen LogP contribution in [-0.2, 0) is 6.42 Å². The van der Waals surface area contributed by atoms with Crippen LogP contribution in [0.25, 0.3) is 0 Å². The van der Waals surface area contributed by atoms with Crippen LogP contribution < -0.4 is 10.6 Å². The van der Waals surface area contributed by atoms with Gasteiger partial charge in [0.25, 0.3) is 0 Å². The van der Waals surface area contributed by atoms with Gasteiger partial charge in [0.15, 0.2) is 5.11 Å². The summed E-state index contributed by atoms with van der Waals surface area (Å²) in [5.41, 5.74) is 7.89. The molecule has 0 saturated carbocycles. The highest BCUT2D eigenvalue weighted by atomic mass is 35.5. The van der Waals surface area contributed by atoms with Crippen molar-refractivity contribution < 1.29 is 0 Å². The van der Waals surface area contributed by atoms with E-state index in [1.807, 2.05) is 23.1 Å². The van der Waals surface area contributed by atoms with Gasteiger partial charge in [-0.3, -0.25) is 0 Å². The molecule has 2 N–H and O–H groups in total. The number of nitrogens with two attached hydrogens (primary N) is 1. The summed E-state index contributed by atoms with van der Waals surface area (Å²) >= 11 is 10.8. The summed E-state index contributed by atoms with van der Waals surface area (Å²) in [6.45, 7) is 0.866. The Hall–Kier alpha value is -0.800. The lowest BCUT2D eigenvalue weighted by atomic mass is 10.2. The Labute approximate surface area is 87.3 Å². The summed E-state index contributed by atoms with van der Waals surface area (Å²) in [4.78, 5) is 1.93. The van der Waals surface area contributed by atoms with Crippen LogP contribution in [0, 0.1) is 0 Å². The average Bonchev–Trinajstić information content (AvgIpc) is 2.46. The lowest BCUT2D eigenvalue weighted by Crippen LogP contribution is -2.33. The van der Waals surface area contributed by atoms with E-state index in [0.29, 0.717) is 5.11 Å². The van der Waals surface area contributed by atoms with Crippen LogP contribution >= 0.6 is 23.8 Å². The minimum atomic E-state index is 0.432. The third kappa shape index (κ3) is 1.49. The number of anilines is 1. The molecule has 0 spiro atoms. The van der Waals surface area contributed by atoms with E-state index >= 15 is 0 Å². The lowest BCUT2D eigenvalue weighted by molar-refractivity contribution is 1.02. The van der Waals surface area contributed by atoms with Gasteiger partial charge in [-0.25, -0.2) is 0 Å². The van der Waals surface area contributed by atoms with Crippen molar-refractivity contribution in [2.75, 3.05) is 11.4 Å². The van der Waals surface area contributed by atoms with Gasteiger partial charge in [-0.1, -0.05) is 11.6 Å². The molecule has 0 aliphatic carbocycles. The maximum absolute atomic E-state index is 5.87. The van der Waals surface area contributed by atoms with Crippen LogP contribution in [0.2, 0.25) is 5.02 Å². The summed E-state index contributed by atoms with van der Waals surface area (Å²) in [6.07, 6.45) is 0.966. The van der Waals surface area contributed by atoms with Crippen molar-refractivity contribution in [3.8, 4) is 0 Å². The predicted molar refractivity (Wildman–Crippen MR) is 59.3 cm³/mol. The van der Waals surface area contributed by atoms with Crippen molar-refractivity contribution in [3.63, 3.8) is 0 Å². The maximum Gasteiger partial charge on any atom is 0.170 e. The summed E-state index contributed by atoms with van der Waals surface area (Å²) in [5.74, 6) is 0. The maximum atomic E-state index is 5.87. The third-order valence-electron chi connectivity index (χ3n) is 2.20. The van der Waals surface area contributed by atoms with Gasteiger partial charge in [0.05, 0.1) is 0 Å². The molecule has 0 amide bonds. The number of hydrogen-bond acceptors (Lipinski definition) is 1. The summed E-state index contributed by atoms with van der Waals surface area (Å²) < 4.78 is 0.